The van der Waals surface area contributed by atoms with E-state index in [0.717, 1.165) is 46.4 Å². The molecule has 0 fully saturated rings. The minimum atomic E-state index is -0.406. The number of rotatable bonds is 6. The second-order valence-corrected chi connectivity index (χ2v) is 12.7. The van der Waals surface area contributed by atoms with E-state index in [2.05, 4.69) is 65.2 Å². The lowest BCUT2D eigenvalue weighted by Gasteiger charge is -2.33. The molecule has 1 unspecified atom stereocenters. The van der Waals surface area contributed by atoms with Gasteiger partial charge in [0, 0.05) is 26.7 Å². The molecule has 0 saturated heterocycles. The Labute approximate surface area is 236 Å². The molecule has 5 aromatic rings. The SMILES string of the molecule is COC(=O)c1c(NC(=O)Cn2cc(Cn3c4ccccc4c4ccccc43)nn2)sc2c1CCC(C(C)(C)C)C2. The number of nitrogens with zero attached hydrogens (tertiary/aromatic N) is 4. The average Bonchev–Trinajstić information content (AvgIpc) is 3.62. The Hall–Kier alpha value is -3.98. The van der Waals surface area contributed by atoms with Crippen LogP contribution in [0.15, 0.2) is 54.7 Å². The number of hydrogen-bond acceptors (Lipinski definition) is 6. The Bertz CT molecular complexity index is 1690. The number of aromatic nitrogens is 4. The van der Waals surface area contributed by atoms with Crippen molar-refractivity contribution < 1.29 is 14.3 Å². The highest BCUT2D eigenvalue weighted by atomic mass is 32.1. The van der Waals surface area contributed by atoms with Crippen molar-refractivity contribution >= 4 is 50.0 Å². The largest absolute Gasteiger partial charge is 0.465 e. The van der Waals surface area contributed by atoms with Gasteiger partial charge in [-0.05, 0) is 48.3 Å². The van der Waals surface area contributed by atoms with Crippen molar-refractivity contribution in [1.82, 2.24) is 19.6 Å². The fourth-order valence-corrected chi connectivity index (χ4v) is 7.20. The molecule has 0 aliphatic heterocycles. The van der Waals surface area contributed by atoms with Crippen LogP contribution in [0.4, 0.5) is 5.00 Å². The smallest absolute Gasteiger partial charge is 0.341 e. The van der Waals surface area contributed by atoms with Crippen LogP contribution in [0.2, 0.25) is 0 Å². The minimum absolute atomic E-state index is 0.00598. The van der Waals surface area contributed by atoms with E-state index in [9.17, 15) is 9.59 Å². The van der Waals surface area contributed by atoms with Crippen molar-refractivity contribution in [2.45, 2.75) is 53.1 Å². The summed E-state index contributed by atoms with van der Waals surface area (Å²) in [7, 11) is 1.38. The van der Waals surface area contributed by atoms with E-state index in [1.165, 1.54) is 29.2 Å². The van der Waals surface area contributed by atoms with Crippen LogP contribution in [0, 0.1) is 11.3 Å². The number of carbonyl (C=O) groups excluding carboxylic acids is 2. The maximum Gasteiger partial charge on any atom is 0.341 e. The monoisotopic (exact) mass is 555 g/mol. The van der Waals surface area contributed by atoms with E-state index < -0.39 is 5.97 Å². The molecule has 6 rings (SSSR count). The first-order valence-corrected chi connectivity index (χ1v) is 14.4. The van der Waals surface area contributed by atoms with Gasteiger partial charge in [-0.1, -0.05) is 62.4 Å². The molecular weight excluding hydrogens is 522 g/mol. The lowest BCUT2D eigenvalue weighted by atomic mass is 9.72. The summed E-state index contributed by atoms with van der Waals surface area (Å²) in [6, 6.07) is 16.6. The normalized spacial score (nSPS) is 15.3. The zero-order chi connectivity index (χ0) is 28.0. The number of benzene rings is 2. The summed E-state index contributed by atoms with van der Waals surface area (Å²) < 4.78 is 8.86. The average molecular weight is 556 g/mol. The Morgan fingerprint density at radius 3 is 2.40 bits per heavy atom. The van der Waals surface area contributed by atoms with Gasteiger partial charge in [-0.3, -0.25) is 4.79 Å². The van der Waals surface area contributed by atoms with Gasteiger partial charge in [0.1, 0.15) is 17.2 Å². The molecule has 0 bridgehead atoms. The van der Waals surface area contributed by atoms with Crippen LogP contribution in [0.25, 0.3) is 21.8 Å². The molecule has 40 heavy (non-hydrogen) atoms. The van der Waals surface area contributed by atoms with E-state index in [1.54, 1.807) is 10.9 Å². The fourth-order valence-electron chi connectivity index (χ4n) is 5.87. The van der Waals surface area contributed by atoms with E-state index >= 15 is 0 Å². The van der Waals surface area contributed by atoms with E-state index in [0.29, 0.717) is 23.0 Å². The standard InChI is InChI=1S/C31H33N5O3S/c1-31(2,3)19-13-14-23-26(15-19)40-29(28(23)30(38)39-4)32-27(37)18-35-16-20(33-34-35)17-36-24-11-7-5-9-21(24)22-10-6-8-12-25(22)36/h5-12,16,19H,13-15,17-18H2,1-4H3,(H,32,37). The second-order valence-electron chi connectivity index (χ2n) is 11.6. The summed E-state index contributed by atoms with van der Waals surface area (Å²) in [4.78, 5) is 27.0. The van der Waals surface area contributed by atoms with Crippen molar-refractivity contribution in [2.75, 3.05) is 12.4 Å². The molecule has 0 saturated carbocycles. The molecule has 2 aromatic carbocycles. The molecular formula is C31H33N5O3S. The molecule has 1 aliphatic carbocycles. The van der Waals surface area contributed by atoms with Gasteiger partial charge in [0.15, 0.2) is 0 Å². The molecule has 0 spiro atoms. The van der Waals surface area contributed by atoms with Crippen LogP contribution >= 0.6 is 11.3 Å². The summed E-state index contributed by atoms with van der Waals surface area (Å²) in [6.45, 7) is 7.30. The van der Waals surface area contributed by atoms with Crippen molar-refractivity contribution in [3.8, 4) is 0 Å². The number of methoxy groups -OCH3 is 1. The number of esters is 1. The molecule has 8 nitrogen and oxygen atoms in total. The number of thiophene rings is 1. The molecule has 1 atom stereocenters. The van der Waals surface area contributed by atoms with Crippen LogP contribution in [0.5, 0.6) is 0 Å². The van der Waals surface area contributed by atoms with Crippen molar-refractivity contribution in [3.05, 3.63) is 76.4 Å². The van der Waals surface area contributed by atoms with Crippen molar-refractivity contribution in [2.24, 2.45) is 11.3 Å². The number of para-hydroxylation sites is 2. The highest BCUT2D eigenvalue weighted by Crippen LogP contribution is 2.44. The van der Waals surface area contributed by atoms with Crippen molar-refractivity contribution in [3.63, 3.8) is 0 Å². The Balaban J connectivity index is 1.20. The maximum absolute atomic E-state index is 13.1. The van der Waals surface area contributed by atoms with Crippen LogP contribution in [0.3, 0.4) is 0 Å². The van der Waals surface area contributed by atoms with Gasteiger partial charge in [0.2, 0.25) is 5.91 Å². The third kappa shape index (κ3) is 4.79. The van der Waals surface area contributed by atoms with Gasteiger partial charge in [0.25, 0.3) is 0 Å². The highest BCUT2D eigenvalue weighted by Gasteiger charge is 2.34. The Morgan fingerprint density at radius 2 is 1.75 bits per heavy atom. The fraction of sp³-hybridized carbons (Fsp3) is 0.355. The third-order valence-corrected chi connectivity index (χ3v) is 9.19. The lowest BCUT2D eigenvalue weighted by molar-refractivity contribution is -0.116. The number of anilines is 1. The van der Waals surface area contributed by atoms with Crippen LogP contribution < -0.4 is 5.32 Å². The van der Waals surface area contributed by atoms with Gasteiger partial charge in [-0.15, -0.1) is 16.4 Å². The molecule has 0 radical (unpaired) electrons. The molecule has 1 N–H and O–H groups in total. The summed E-state index contributed by atoms with van der Waals surface area (Å²) in [5, 5.41) is 14.5. The predicted molar refractivity (Wildman–Crippen MR) is 158 cm³/mol. The topological polar surface area (TPSA) is 91.0 Å². The molecule has 3 heterocycles. The highest BCUT2D eigenvalue weighted by molar-refractivity contribution is 7.17. The number of fused-ring (bicyclic) bond motifs is 4. The zero-order valence-corrected chi connectivity index (χ0v) is 24.0. The molecule has 1 aliphatic rings. The van der Waals surface area contributed by atoms with Gasteiger partial charge in [-0.2, -0.15) is 0 Å². The van der Waals surface area contributed by atoms with Gasteiger partial charge < -0.3 is 14.6 Å². The maximum atomic E-state index is 13.1. The number of hydrogen-bond donors (Lipinski definition) is 1. The number of amides is 1. The quantitative estimate of drug-likeness (QED) is 0.257. The lowest BCUT2D eigenvalue weighted by Crippen LogP contribution is -2.26. The first kappa shape index (κ1) is 26.3. The molecule has 3 aromatic heterocycles. The summed E-state index contributed by atoms with van der Waals surface area (Å²) >= 11 is 1.49. The van der Waals surface area contributed by atoms with Crippen LogP contribution in [0.1, 0.15) is 53.7 Å². The van der Waals surface area contributed by atoms with E-state index in [-0.39, 0.29) is 17.9 Å². The summed E-state index contributed by atoms with van der Waals surface area (Å²) in [5.41, 5.74) is 4.70. The number of nitrogens with one attached hydrogen (secondary N) is 1. The Morgan fingerprint density at radius 1 is 1.07 bits per heavy atom. The zero-order valence-electron chi connectivity index (χ0n) is 23.2. The predicted octanol–water partition coefficient (Wildman–Crippen LogP) is 6.07. The van der Waals surface area contributed by atoms with Crippen molar-refractivity contribution in [1.29, 1.82) is 0 Å². The van der Waals surface area contributed by atoms with Crippen LogP contribution in [-0.4, -0.2) is 38.5 Å². The third-order valence-electron chi connectivity index (χ3n) is 8.02. The molecule has 9 heteroatoms. The molecule has 206 valence electrons. The first-order valence-electron chi connectivity index (χ1n) is 13.6. The summed E-state index contributed by atoms with van der Waals surface area (Å²) in [5.74, 6) is -0.142. The minimum Gasteiger partial charge on any atom is -0.465 e. The first-order chi connectivity index (χ1) is 19.2. The summed E-state index contributed by atoms with van der Waals surface area (Å²) in [6.07, 6.45) is 4.53. The number of ether oxygens (including phenoxy) is 1. The van der Waals surface area contributed by atoms with Gasteiger partial charge in [-0.25, -0.2) is 9.48 Å². The van der Waals surface area contributed by atoms with Gasteiger partial charge >= 0.3 is 5.97 Å². The Kier molecular flexibility index (Phi) is 6.70. The van der Waals surface area contributed by atoms with E-state index in [4.69, 9.17) is 4.74 Å². The van der Waals surface area contributed by atoms with Crippen LogP contribution in [-0.2, 0) is 35.5 Å². The van der Waals surface area contributed by atoms with E-state index in [1.807, 2.05) is 24.3 Å². The molecule has 1 amide bonds. The second kappa shape index (κ2) is 10.2. The number of carbonyl (C=O) groups is 2. The van der Waals surface area contributed by atoms with Gasteiger partial charge in [0.05, 0.1) is 25.4 Å².